The van der Waals surface area contributed by atoms with Gasteiger partial charge in [0.2, 0.25) is 5.88 Å². The van der Waals surface area contributed by atoms with Gasteiger partial charge in [0.15, 0.2) is 6.61 Å². The van der Waals surface area contributed by atoms with Crippen molar-refractivity contribution in [2.24, 2.45) is 0 Å². The van der Waals surface area contributed by atoms with E-state index in [0.29, 0.717) is 18.1 Å². The number of ether oxygens (including phenoxy) is 1. The second kappa shape index (κ2) is 7.73. The number of carbonyl (C=O) groups is 1. The van der Waals surface area contributed by atoms with Crippen LogP contribution in [0.4, 0.5) is 8.78 Å². The molecule has 1 aromatic rings. The Kier molecular flexibility index (Phi) is 6.27. The summed E-state index contributed by atoms with van der Waals surface area (Å²) in [7, 11) is 0. The van der Waals surface area contributed by atoms with Gasteiger partial charge in [0.25, 0.3) is 6.43 Å². The summed E-state index contributed by atoms with van der Waals surface area (Å²) in [6, 6.07) is 0. The average molecular weight is 273 g/mol. The number of nitrogens with one attached hydrogen (secondary N) is 1. The maximum absolute atomic E-state index is 12.2. The fourth-order valence-electron chi connectivity index (χ4n) is 1.89. The summed E-state index contributed by atoms with van der Waals surface area (Å²) in [6.07, 6.45) is -0.984. The van der Waals surface area contributed by atoms with Crippen LogP contribution in [0.15, 0.2) is 0 Å². The zero-order chi connectivity index (χ0) is 14.3. The molecule has 0 aliphatic carbocycles. The first-order valence-corrected chi connectivity index (χ1v) is 5.93. The number of hydrogen-bond donors (Lipinski definition) is 1. The lowest BCUT2D eigenvalue weighted by atomic mass is 10.1. The molecule has 0 saturated carbocycles. The van der Waals surface area contributed by atoms with Crippen molar-refractivity contribution in [3.8, 4) is 5.88 Å². The van der Waals surface area contributed by atoms with Gasteiger partial charge in [-0.3, -0.25) is 0 Å². The Hall–Kier alpha value is -1.63. The third-order valence-electron chi connectivity index (χ3n) is 2.60. The molecule has 0 saturated heterocycles. The largest absolute Gasteiger partial charge is 0.471 e. The summed E-state index contributed by atoms with van der Waals surface area (Å²) in [6.45, 7) is 4.77. The second-order valence-corrected chi connectivity index (χ2v) is 3.95. The Bertz CT molecular complexity index is 416. The van der Waals surface area contributed by atoms with Crippen molar-refractivity contribution in [1.29, 1.82) is 0 Å². The van der Waals surface area contributed by atoms with Gasteiger partial charge in [0.05, 0.1) is 5.69 Å². The van der Waals surface area contributed by atoms with Gasteiger partial charge in [0.1, 0.15) is 12.6 Å². The Morgan fingerprint density at radius 3 is 2.68 bits per heavy atom. The van der Waals surface area contributed by atoms with E-state index < -0.39 is 13.0 Å². The molecular weight excluding hydrogens is 256 g/mol. The topological polar surface area (TPSA) is 64.1 Å². The summed E-state index contributed by atoms with van der Waals surface area (Å²) in [5.41, 5.74) is 1.77. The number of hydrogen-bond acceptors (Lipinski definition) is 5. The molecule has 0 spiro atoms. The highest BCUT2D eigenvalue weighted by molar-refractivity contribution is 5.32. The standard InChI is InChI=1S/C11H15F2N3O.CH2O/c1-7-15-9-3-5-14-4-2-8(9)11(16-7)17-6-10(12)13;1-2/h10,14H,2-6H2,1H3;1H2. The van der Waals surface area contributed by atoms with Crippen molar-refractivity contribution < 1.29 is 18.3 Å². The molecule has 0 radical (unpaired) electrons. The number of aromatic nitrogens is 2. The maximum atomic E-state index is 12.2. The number of nitrogens with zero attached hydrogens (tertiary/aromatic N) is 2. The van der Waals surface area contributed by atoms with Gasteiger partial charge >= 0.3 is 0 Å². The van der Waals surface area contributed by atoms with Gasteiger partial charge in [-0.05, 0) is 19.9 Å². The van der Waals surface area contributed by atoms with Gasteiger partial charge < -0.3 is 14.8 Å². The number of halogens is 2. The number of rotatable bonds is 3. The molecule has 2 heterocycles. The quantitative estimate of drug-likeness (QED) is 0.887. The lowest BCUT2D eigenvalue weighted by Crippen LogP contribution is -2.16. The summed E-state index contributed by atoms with van der Waals surface area (Å²) in [4.78, 5) is 16.4. The minimum absolute atomic E-state index is 0.316. The predicted molar refractivity (Wildman–Crippen MR) is 65.7 cm³/mol. The van der Waals surface area contributed by atoms with Crippen LogP contribution in [-0.2, 0) is 17.6 Å². The molecule has 0 atom stereocenters. The lowest BCUT2D eigenvalue weighted by Gasteiger charge is -2.12. The summed E-state index contributed by atoms with van der Waals surface area (Å²) in [5.74, 6) is 0.881. The molecule has 1 N–H and O–H groups in total. The number of fused-ring (bicyclic) bond motifs is 1. The van der Waals surface area contributed by atoms with Gasteiger partial charge in [-0.25, -0.2) is 13.8 Å². The van der Waals surface area contributed by atoms with Crippen LogP contribution in [0.5, 0.6) is 5.88 Å². The van der Waals surface area contributed by atoms with Crippen LogP contribution in [0, 0.1) is 6.92 Å². The van der Waals surface area contributed by atoms with Crippen molar-refractivity contribution in [3.05, 3.63) is 17.1 Å². The van der Waals surface area contributed by atoms with Crippen LogP contribution in [0.1, 0.15) is 17.1 Å². The Morgan fingerprint density at radius 2 is 2.00 bits per heavy atom. The second-order valence-electron chi connectivity index (χ2n) is 3.95. The van der Waals surface area contributed by atoms with E-state index in [4.69, 9.17) is 9.53 Å². The SMILES string of the molecule is C=O.Cc1nc2c(c(OCC(F)F)n1)CCNCC2. The lowest BCUT2D eigenvalue weighted by molar-refractivity contribution is -0.0979. The van der Waals surface area contributed by atoms with E-state index in [0.717, 1.165) is 30.8 Å². The van der Waals surface area contributed by atoms with Crippen molar-refractivity contribution in [3.63, 3.8) is 0 Å². The molecule has 0 amide bonds. The molecule has 0 aromatic carbocycles. The highest BCUT2D eigenvalue weighted by Gasteiger charge is 2.17. The summed E-state index contributed by atoms with van der Waals surface area (Å²) in [5, 5.41) is 3.23. The Balaban J connectivity index is 0.000000861. The van der Waals surface area contributed by atoms with Crippen LogP contribution in [0.3, 0.4) is 0 Å². The molecule has 19 heavy (non-hydrogen) atoms. The molecule has 2 rings (SSSR count). The van der Waals surface area contributed by atoms with E-state index in [1.165, 1.54) is 0 Å². The van der Waals surface area contributed by atoms with E-state index in [2.05, 4.69) is 15.3 Å². The Morgan fingerprint density at radius 1 is 1.32 bits per heavy atom. The maximum Gasteiger partial charge on any atom is 0.272 e. The zero-order valence-electron chi connectivity index (χ0n) is 10.8. The highest BCUT2D eigenvalue weighted by Crippen LogP contribution is 2.22. The Labute approximate surface area is 110 Å². The molecule has 1 aromatic heterocycles. The van der Waals surface area contributed by atoms with Crippen LogP contribution >= 0.6 is 0 Å². The van der Waals surface area contributed by atoms with Crippen LogP contribution < -0.4 is 10.1 Å². The normalized spacial score (nSPS) is 14.1. The van der Waals surface area contributed by atoms with Crippen LogP contribution in [-0.4, -0.2) is 42.9 Å². The van der Waals surface area contributed by atoms with Gasteiger partial charge in [-0.2, -0.15) is 4.98 Å². The van der Waals surface area contributed by atoms with Gasteiger partial charge in [0, 0.05) is 18.5 Å². The monoisotopic (exact) mass is 273 g/mol. The summed E-state index contributed by atoms with van der Waals surface area (Å²) < 4.78 is 29.4. The van der Waals surface area contributed by atoms with E-state index in [1.54, 1.807) is 6.92 Å². The van der Waals surface area contributed by atoms with Crippen LogP contribution in [0.25, 0.3) is 0 Å². The number of aryl methyl sites for hydroxylation is 1. The van der Waals surface area contributed by atoms with Gasteiger partial charge in [-0.1, -0.05) is 0 Å². The van der Waals surface area contributed by atoms with Crippen molar-refractivity contribution in [2.45, 2.75) is 26.2 Å². The highest BCUT2D eigenvalue weighted by atomic mass is 19.3. The van der Waals surface area contributed by atoms with Gasteiger partial charge in [-0.15, -0.1) is 0 Å². The predicted octanol–water partition coefficient (Wildman–Crippen LogP) is 0.932. The molecular formula is C12H17F2N3O2. The minimum atomic E-state index is -2.48. The first-order chi connectivity index (χ1) is 9.16. The smallest absolute Gasteiger partial charge is 0.272 e. The molecule has 0 bridgehead atoms. The molecule has 106 valence electrons. The first kappa shape index (κ1) is 15.4. The molecule has 1 aliphatic heterocycles. The minimum Gasteiger partial charge on any atom is -0.471 e. The van der Waals surface area contributed by atoms with E-state index in [1.807, 2.05) is 6.79 Å². The van der Waals surface area contributed by atoms with Crippen LogP contribution in [0.2, 0.25) is 0 Å². The molecule has 0 unspecified atom stereocenters. The fraction of sp³-hybridized carbons (Fsp3) is 0.583. The number of alkyl halides is 2. The molecule has 1 aliphatic rings. The third-order valence-corrected chi connectivity index (χ3v) is 2.60. The summed E-state index contributed by atoms with van der Waals surface area (Å²) >= 11 is 0. The first-order valence-electron chi connectivity index (χ1n) is 5.93. The number of carbonyl (C=O) groups excluding carboxylic acids is 1. The van der Waals surface area contributed by atoms with Crippen molar-refractivity contribution >= 4 is 6.79 Å². The molecule has 0 fully saturated rings. The van der Waals surface area contributed by atoms with E-state index in [9.17, 15) is 8.78 Å². The van der Waals surface area contributed by atoms with Crippen molar-refractivity contribution in [2.75, 3.05) is 19.7 Å². The van der Waals surface area contributed by atoms with E-state index >= 15 is 0 Å². The van der Waals surface area contributed by atoms with Crippen molar-refractivity contribution in [1.82, 2.24) is 15.3 Å². The average Bonchev–Trinajstić information content (AvgIpc) is 2.63. The zero-order valence-corrected chi connectivity index (χ0v) is 10.8. The molecule has 7 heteroatoms. The fourth-order valence-corrected chi connectivity index (χ4v) is 1.89. The van der Waals surface area contributed by atoms with E-state index in [-0.39, 0.29) is 0 Å². The molecule has 5 nitrogen and oxygen atoms in total. The third kappa shape index (κ3) is 4.51.